The van der Waals surface area contributed by atoms with E-state index in [0.717, 1.165) is 11.3 Å². The summed E-state index contributed by atoms with van der Waals surface area (Å²) in [4.78, 5) is 7.89. The Morgan fingerprint density at radius 1 is 1.18 bits per heavy atom. The van der Waals surface area contributed by atoms with Crippen molar-refractivity contribution in [2.75, 3.05) is 6.61 Å². The van der Waals surface area contributed by atoms with Crippen LogP contribution in [0, 0.1) is 0 Å². The first-order valence-corrected chi connectivity index (χ1v) is 5.29. The Balaban J connectivity index is 1.97. The largest absolute Gasteiger partial charge is 0.492 e. The Hall–Kier alpha value is -1.98. The van der Waals surface area contributed by atoms with Crippen LogP contribution in [0.5, 0.6) is 5.75 Å². The van der Waals surface area contributed by atoms with Crippen molar-refractivity contribution >= 4 is 0 Å². The van der Waals surface area contributed by atoms with Gasteiger partial charge in [-0.2, -0.15) is 0 Å². The normalized spacial score (nSPS) is 12.1. The van der Waals surface area contributed by atoms with Crippen molar-refractivity contribution in [3.63, 3.8) is 0 Å². The second-order valence-corrected chi connectivity index (χ2v) is 3.52. The van der Waals surface area contributed by atoms with Crippen LogP contribution < -0.4 is 16.0 Å². The minimum Gasteiger partial charge on any atom is -0.492 e. The molecule has 1 heterocycles. The first kappa shape index (κ1) is 11.5. The number of nitrogens with two attached hydrogens (primary N) is 1. The molecule has 0 bridgehead atoms. The van der Waals surface area contributed by atoms with Gasteiger partial charge in [0.05, 0.1) is 6.04 Å². The number of ether oxygens (including phenoxy) is 1. The average Bonchev–Trinajstić information content (AvgIpc) is 2.42. The number of rotatable bonds is 5. The van der Waals surface area contributed by atoms with Crippen LogP contribution in [0.15, 0.2) is 49.1 Å². The van der Waals surface area contributed by atoms with Gasteiger partial charge in [-0.05, 0) is 12.1 Å². The zero-order chi connectivity index (χ0) is 11.9. The molecule has 2 aromatic rings. The molecule has 0 spiro atoms. The molecule has 0 radical (unpaired) electrons. The molecule has 1 aromatic heterocycles. The summed E-state index contributed by atoms with van der Waals surface area (Å²) in [7, 11) is 0. The topological polar surface area (TPSA) is 73.1 Å². The Kier molecular flexibility index (Phi) is 4.01. The number of aromatic nitrogens is 2. The van der Waals surface area contributed by atoms with Crippen LogP contribution in [0.3, 0.4) is 0 Å². The summed E-state index contributed by atoms with van der Waals surface area (Å²) < 4.78 is 5.62. The highest BCUT2D eigenvalue weighted by molar-refractivity contribution is 5.21. The summed E-state index contributed by atoms with van der Waals surface area (Å²) in [6.45, 7) is 0.424. The number of para-hydroxylation sites is 1. The molecule has 5 nitrogen and oxygen atoms in total. The standard InChI is InChI=1S/C12H14N4O/c13-16-12(10-6-14-9-15-7-10)8-17-11-4-2-1-3-5-11/h1-7,9,12,16H,8,13H2. The molecule has 88 valence electrons. The van der Waals surface area contributed by atoms with E-state index in [1.54, 1.807) is 12.4 Å². The van der Waals surface area contributed by atoms with Crippen LogP contribution in [-0.4, -0.2) is 16.6 Å². The average molecular weight is 230 g/mol. The third kappa shape index (κ3) is 3.24. The summed E-state index contributed by atoms with van der Waals surface area (Å²) in [5.41, 5.74) is 3.58. The highest BCUT2D eigenvalue weighted by Crippen LogP contribution is 2.13. The van der Waals surface area contributed by atoms with Crippen LogP contribution in [-0.2, 0) is 0 Å². The van der Waals surface area contributed by atoms with Gasteiger partial charge in [-0.1, -0.05) is 18.2 Å². The third-order valence-corrected chi connectivity index (χ3v) is 2.34. The van der Waals surface area contributed by atoms with Gasteiger partial charge >= 0.3 is 0 Å². The Labute approximate surface area is 99.6 Å². The van der Waals surface area contributed by atoms with E-state index in [0.29, 0.717) is 6.61 Å². The van der Waals surface area contributed by atoms with Crippen molar-refractivity contribution in [1.82, 2.24) is 15.4 Å². The van der Waals surface area contributed by atoms with E-state index >= 15 is 0 Å². The number of nitrogens with zero attached hydrogens (tertiary/aromatic N) is 2. The van der Waals surface area contributed by atoms with Gasteiger partial charge < -0.3 is 4.74 Å². The van der Waals surface area contributed by atoms with Gasteiger partial charge in [0.2, 0.25) is 0 Å². The molecule has 1 atom stereocenters. The lowest BCUT2D eigenvalue weighted by molar-refractivity contribution is 0.267. The zero-order valence-electron chi connectivity index (χ0n) is 9.28. The van der Waals surface area contributed by atoms with Crippen LogP contribution >= 0.6 is 0 Å². The number of hydrogen-bond donors (Lipinski definition) is 2. The lowest BCUT2D eigenvalue weighted by Gasteiger charge is -2.16. The second kappa shape index (κ2) is 5.93. The quantitative estimate of drug-likeness (QED) is 0.593. The molecule has 17 heavy (non-hydrogen) atoms. The van der Waals surface area contributed by atoms with Gasteiger partial charge in [-0.3, -0.25) is 5.84 Å². The first-order valence-electron chi connectivity index (χ1n) is 5.29. The highest BCUT2D eigenvalue weighted by atomic mass is 16.5. The maximum Gasteiger partial charge on any atom is 0.119 e. The van der Waals surface area contributed by atoms with Gasteiger partial charge in [0, 0.05) is 18.0 Å². The second-order valence-electron chi connectivity index (χ2n) is 3.52. The molecule has 0 aliphatic heterocycles. The fraction of sp³-hybridized carbons (Fsp3) is 0.167. The van der Waals surface area contributed by atoms with Gasteiger partial charge in [0.25, 0.3) is 0 Å². The van der Waals surface area contributed by atoms with E-state index in [1.807, 2.05) is 30.3 Å². The lowest BCUT2D eigenvalue weighted by Crippen LogP contribution is -2.32. The highest BCUT2D eigenvalue weighted by Gasteiger charge is 2.10. The van der Waals surface area contributed by atoms with Crippen LogP contribution in [0.1, 0.15) is 11.6 Å². The number of hydrogen-bond acceptors (Lipinski definition) is 5. The predicted octanol–water partition coefficient (Wildman–Crippen LogP) is 1.06. The van der Waals surface area contributed by atoms with Gasteiger partial charge in [-0.15, -0.1) is 0 Å². The number of hydrazine groups is 1. The van der Waals surface area contributed by atoms with Gasteiger partial charge in [-0.25, -0.2) is 15.4 Å². The first-order chi connectivity index (χ1) is 8.40. The van der Waals surface area contributed by atoms with Gasteiger partial charge in [0.15, 0.2) is 0 Å². The summed E-state index contributed by atoms with van der Waals surface area (Å²) in [5, 5.41) is 0. The number of nitrogens with one attached hydrogen (secondary N) is 1. The summed E-state index contributed by atoms with van der Waals surface area (Å²) in [6.07, 6.45) is 4.91. The Bertz CT molecular complexity index is 435. The number of benzene rings is 1. The van der Waals surface area contributed by atoms with E-state index in [2.05, 4.69) is 15.4 Å². The molecule has 0 aliphatic carbocycles. The van der Waals surface area contributed by atoms with Crippen molar-refractivity contribution in [1.29, 1.82) is 0 Å². The fourth-order valence-electron chi connectivity index (χ4n) is 1.43. The zero-order valence-corrected chi connectivity index (χ0v) is 9.28. The van der Waals surface area contributed by atoms with Gasteiger partial charge in [0.1, 0.15) is 18.7 Å². The fourth-order valence-corrected chi connectivity index (χ4v) is 1.43. The van der Waals surface area contributed by atoms with Crippen molar-refractivity contribution in [2.24, 2.45) is 5.84 Å². The molecule has 0 fully saturated rings. The summed E-state index contributed by atoms with van der Waals surface area (Å²) in [6, 6.07) is 9.45. The molecule has 0 saturated carbocycles. The molecular weight excluding hydrogens is 216 g/mol. The van der Waals surface area contributed by atoms with Crippen LogP contribution in [0.2, 0.25) is 0 Å². The Morgan fingerprint density at radius 3 is 2.53 bits per heavy atom. The molecule has 0 saturated heterocycles. The minimum absolute atomic E-state index is 0.128. The maximum atomic E-state index is 5.62. The minimum atomic E-state index is -0.128. The lowest BCUT2D eigenvalue weighted by atomic mass is 10.2. The van der Waals surface area contributed by atoms with E-state index < -0.39 is 0 Å². The van der Waals surface area contributed by atoms with E-state index in [4.69, 9.17) is 10.6 Å². The molecule has 3 N–H and O–H groups in total. The maximum absolute atomic E-state index is 5.62. The van der Waals surface area contributed by atoms with E-state index in [9.17, 15) is 0 Å². The molecule has 1 unspecified atom stereocenters. The molecule has 5 heteroatoms. The predicted molar refractivity (Wildman–Crippen MR) is 64.0 cm³/mol. The molecule has 0 aliphatic rings. The van der Waals surface area contributed by atoms with Crippen molar-refractivity contribution in [3.05, 3.63) is 54.6 Å². The van der Waals surface area contributed by atoms with E-state index in [-0.39, 0.29) is 6.04 Å². The van der Waals surface area contributed by atoms with Crippen molar-refractivity contribution in [3.8, 4) is 5.75 Å². The van der Waals surface area contributed by atoms with Crippen LogP contribution in [0.4, 0.5) is 0 Å². The van der Waals surface area contributed by atoms with Crippen molar-refractivity contribution < 1.29 is 4.74 Å². The van der Waals surface area contributed by atoms with E-state index in [1.165, 1.54) is 6.33 Å². The Morgan fingerprint density at radius 2 is 1.88 bits per heavy atom. The monoisotopic (exact) mass is 230 g/mol. The summed E-state index contributed by atoms with van der Waals surface area (Å²) >= 11 is 0. The summed E-state index contributed by atoms with van der Waals surface area (Å²) in [5.74, 6) is 6.29. The van der Waals surface area contributed by atoms with Crippen molar-refractivity contribution in [2.45, 2.75) is 6.04 Å². The smallest absolute Gasteiger partial charge is 0.119 e. The third-order valence-electron chi connectivity index (χ3n) is 2.34. The van der Waals surface area contributed by atoms with Crippen LogP contribution in [0.25, 0.3) is 0 Å². The molecule has 1 aromatic carbocycles. The molecule has 2 rings (SSSR count). The SMILES string of the molecule is NNC(COc1ccccc1)c1cncnc1. The molecule has 0 amide bonds. The molecular formula is C12H14N4O.